The van der Waals surface area contributed by atoms with Gasteiger partial charge in [0.05, 0.1) is 27.8 Å². The molecule has 296 valence electrons. The maximum Gasteiger partial charge on any atom is 0.181 e. The molecule has 0 aliphatic carbocycles. The Balaban J connectivity index is 1.19. The van der Waals surface area contributed by atoms with E-state index in [0.717, 1.165) is 11.4 Å². The monoisotopic (exact) mass is 818 g/mol. The third-order valence-corrected chi connectivity index (χ3v) is 17.9. The minimum absolute atomic E-state index is 1.13. The summed E-state index contributed by atoms with van der Waals surface area (Å²) in [6.45, 7) is 0. The summed E-state index contributed by atoms with van der Waals surface area (Å²) in [5, 5.41) is 10.4. The predicted molar refractivity (Wildman–Crippen MR) is 270 cm³/mol. The minimum Gasteiger partial charge on any atom is -0.309 e. The first-order valence-corrected chi connectivity index (χ1v) is 23.8. The third kappa shape index (κ3) is 5.85. The van der Waals surface area contributed by atoms with Crippen molar-refractivity contribution in [3.63, 3.8) is 0 Å². The van der Waals surface area contributed by atoms with Gasteiger partial charge in [0.2, 0.25) is 0 Å². The Morgan fingerprint density at radius 1 is 0.286 bits per heavy atom. The summed E-state index contributed by atoms with van der Waals surface area (Å²) in [5.74, 6) is 0. The molecule has 2 aromatic heterocycles. The predicted octanol–water partition coefficient (Wildman–Crippen LogP) is 12.6. The van der Waals surface area contributed by atoms with Crippen molar-refractivity contribution in [3.05, 3.63) is 255 Å². The fourth-order valence-electron chi connectivity index (χ4n) is 10.4. The normalized spacial score (nSPS) is 11.8. The lowest BCUT2D eigenvalue weighted by Gasteiger charge is -2.35. The zero-order chi connectivity index (χ0) is 41.7. The SMILES string of the molecule is c1ccc(-c2ccc(-n3c4ccccc4c4ccc(-n5c6ccccc6c6cccc([Si](c7ccccc7)(c7ccccc7)c7ccccc7)c65)cc43)c(-c3ccccc3)c2)cc1. The number of para-hydroxylation sites is 3. The van der Waals surface area contributed by atoms with Crippen molar-refractivity contribution in [1.82, 2.24) is 9.13 Å². The Morgan fingerprint density at radius 2 is 0.762 bits per heavy atom. The summed E-state index contributed by atoms with van der Waals surface area (Å²) >= 11 is 0. The van der Waals surface area contributed by atoms with Crippen LogP contribution < -0.4 is 20.7 Å². The molecule has 0 radical (unpaired) electrons. The first-order chi connectivity index (χ1) is 31.3. The van der Waals surface area contributed by atoms with Crippen molar-refractivity contribution >= 4 is 72.4 Å². The Hall–Kier alpha value is -7.98. The second-order valence-electron chi connectivity index (χ2n) is 16.4. The number of hydrogen-bond acceptors (Lipinski definition) is 0. The molecule has 0 saturated carbocycles. The number of benzene rings is 10. The van der Waals surface area contributed by atoms with Crippen LogP contribution in [0.2, 0.25) is 0 Å². The highest BCUT2D eigenvalue weighted by atomic mass is 28.3. The molecule has 0 aliphatic rings. The van der Waals surface area contributed by atoms with Crippen LogP contribution in [0.25, 0.3) is 77.2 Å². The van der Waals surface area contributed by atoms with Gasteiger partial charge in [-0.3, -0.25) is 0 Å². The summed E-state index contributed by atoms with van der Waals surface area (Å²) in [6, 6.07) is 94.3. The highest BCUT2D eigenvalue weighted by molar-refractivity contribution is 7.20. The third-order valence-electron chi connectivity index (χ3n) is 13.1. The van der Waals surface area contributed by atoms with E-state index in [4.69, 9.17) is 0 Å². The molecule has 0 aliphatic heterocycles. The molecule has 0 saturated heterocycles. The van der Waals surface area contributed by atoms with Gasteiger partial charge in [0.1, 0.15) is 0 Å². The van der Waals surface area contributed by atoms with Gasteiger partial charge in [-0.05, 0) is 73.8 Å². The topological polar surface area (TPSA) is 9.86 Å². The molecule has 0 spiro atoms. The van der Waals surface area contributed by atoms with Crippen LogP contribution in [-0.2, 0) is 0 Å². The molecule has 2 heterocycles. The molecule has 0 bridgehead atoms. The van der Waals surface area contributed by atoms with Gasteiger partial charge in [0, 0.05) is 32.8 Å². The average molecular weight is 819 g/mol. The van der Waals surface area contributed by atoms with Crippen LogP contribution in [0.1, 0.15) is 0 Å². The summed E-state index contributed by atoms with van der Waals surface area (Å²) in [4.78, 5) is 0. The Kier molecular flexibility index (Phi) is 8.87. The van der Waals surface area contributed by atoms with Gasteiger partial charge in [0.15, 0.2) is 8.07 Å². The molecule has 0 atom stereocenters. The number of aromatic nitrogens is 2. The molecule has 0 N–H and O–H groups in total. The van der Waals surface area contributed by atoms with E-state index in [1.165, 1.54) is 86.6 Å². The Bertz CT molecular complexity index is 3500. The van der Waals surface area contributed by atoms with E-state index < -0.39 is 8.07 Å². The summed E-state index contributed by atoms with van der Waals surface area (Å²) in [5.41, 5.74) is 11.8. The van der Waals surface area contributed by atoms with E-state index in [1.807, 2.05) is 0 Å². The van der Waals surface area contributed by atoms with Gasteiger partial charge in [-0.25, -0.2) is 0 Å². The lowest BCUT2D eigenvalue weighted by Crippen LogP contribution is -2.75. The smallest absolute Gasteiger partial charge is 0.181 e. The summed E-state index contributed by atoms with van der Waals surface area (Å²) in [7, 11) is -2.94. The molecular weight excluding hydrogens is 777 g/mol. The second kappa shape index (κ2) is 15.2. The molecule has 10 aromatic carbocycles. The van der Waals surface area contributed by atoms with Gasteiger partial charge in [-0.1, -0.05) is 218 Å². The van der Waals surface area contributed by atoms with Crippen LogP contribution in [0.15, 0.2) is 255 Å². The number of nitrogens with zero attached hydrogens (tertiary/aromatic N) is 2. The molecular formula is C60H42N2Si. The molecule has 0 fully saturated rings. The van der Waals surface area contributed by atoms with E-state index in [2.05, 4.69) is 264 Å². The van der Waals surface area contributed by atoms with Crippen molar-refractivity contribution in [2.45, 2.75) is 0 Å². The molecule has 12 aromatic rings. The summed E-state index contributed by atoms with van der Waals surface area (Å²) < 4.78 is 5.06. The zero-order valence-corrected chi connectivity index (χ0v) is 35.6. The average Bonchev–Trinajstić information content (AvgIpc) is 3.88. The molecule has 63 heavy (non-hydrogen) atoms. The molecule has 2 nitrogen and oxygen atoms in total. The van der Waals surface area contributed by atoms with Gasteiger partial charge >= 0.3 is 0 Å². The number of fused-ring (bicyclic) bond motifs is 6. The lowest BCUT2D eigenvalue weighted by molar-refractivity contribution is 1.16. The Labute approximate surface area is 368 Å². The van der Waals surface area contributed by atoms with Gasteiger partial charge in [-0.2, -0.15) is 0 Å². The van der Waals surface area contributed by atoms with E-state index in [-0.39, 0.29) is 0 Å². The first kappa shape index (κ1) is 36.8. The summed E-state index contributed by atoms with van der Waals surface area (Å²) in [6.07, 6.45) is 0. The van der Waals surface area contributed by atoms with Gasteiger partial charge in [-0.15, -0.1) is 0 Å². The van der Waals surface area contributed by atoms with E-state index in [0.29, 0.717) is 0 Å². The first-order valence-electron chi connectivity index (χ1n) is 21.8. The largest absolute Gasteiger partial charge is 0.309 e. The van der Waals surface area contributed by atoms with Crippen molar-refractivity contribution in [1.29, 1.82) is 0 Å². The van der Waals surface area contributed by atoms with Gasteiger partial charge < -0.3 is 9.13 Å². The van der Waals surface area contributed by atoms with E-state index >= 15 is 0 Å². The number of rotatable bonds is 8. The molecule has 0 unspecified atom stereocenters. The van der Waals surface area contributed by atoms with Crippen molar-refractivity contribution in [2.75, 3.05) is 0 Å². The fourth-order valence-corrected chi connectivity index (χ4v) is 15.3. The Morgan fingerprint density at radius 3 is 1.37 bits per heavy atom. The van der Waals surface area contributed by atoms with Crippen molar-refractivity contribution < 1.29 is 0 Å². The fraction of sp³-hybridized carbons (Fsp3) is 0. The van der Waals surface area contributed by atoms with E-state index in [9.17, 15) is 0 Å². The highest BCUT2D eigenvalue weighted by Crippen LogP contribution is 2.40. The van der Waals surface area contributed by atoms with Crippen LogP contribution >= 0.6 is 0 Å². The number of hydrogen-bond donors (Lipinski definition) is 0. The van der Waals surface area contributed by atoms with Crippen LogP contribution in [0.3, 0.4) is 0 Å². The highest BCUT2D eigenvalue weighted by Gasteiger charge is 2.43. The van der Waals surface area contributed by atoms with Crippen LogP contribution in [0, 0.1) is 0 Å². The van der Waals surface area contributed by atoms with Gasteiger partial charge in [0.25, 0.3) is 0 Å². The molecule has 0 amide bonds. The lowest BCUT2D eigenvalue weighted by atomic mass is 9.97. The maximum absolute atomic E-state index is 2.94. The van der Waals surface area contributed by atoms with Crippen molar-refractivity contribution in [2.24, 2.45) is 0 Å². The van der Waals surface area contributed by atoms with Crippen LogP contribution in [-0.4, -0.2) is 17.2 Å². The molecule has 12 rings (SSSR count). The minimum atomic E-state index is -2.94. The maximum atomic E-state index is 2.56. The van der Waals surface area contributed by atoms with Crippen LogP contribution in [0.5, 0.6) is 0 Å². The second-order valence-corrected chi connectivity index (χ2v) is 20.2. The van der Waals surface area contributed by atoms with Crippen LogP contribution in [0.4, 0.5) is 0 Å². The zero-order valence-electron chi connectivity index (χ0n) is 34.6. The van der Waals surface area contributed by atoms with Crippen molar-refractivity contribution in [3.8, 4) is 33.6 Å². The standard InChI is InChI=1S/C60H42N2Si/c1-6-21-43(22-7-1)45-37-40-57(54(41-45)44-23-8-2-9-24-44)62-56-35-19-16-31-50(56)52-39-38-46(42-58(52)62)61-55-34-18-17-32-51(55)53-33-20-36-59(60(53)61)63(47-25-10-3-11-26-47,48-27-12-4-13-28-48)49-29-14-5-15-30-49/h1-42H. The van der Waals surface area contributed by atoms with E-state index in [1.54, 1.807) is 0 Å². The molecule has 3 heteroatoms. The quantitative estimate of drug-likeness (QED) is 0.107.